The first kappa shape index (κ1) is 18.8. The van der Waals surface area contributed by atoms with Crippen LogP contribution in [0.15, 0.2) is 0 Å². The molecule has 0 bridgehead atoms. The second-order valence-corrected chi connectivity index (χ2v) is 4.98. The fraction of sp³-hybridized carbons (Fsp3) is 0.846. The maximum Gasteiger partial charge on any atom is 0.317 e. The van der Waals surface area contributed by atoms with Gasteiger partial charge >= 0.3 is 5.97 Å². The molecule has 0 aromatic rings. The Labute approximate surface area is 120 Å². The van der Waals surface area contributed by atoms with E-state index in [-0.39, 0.29) is 12.5 Å². The molecule has 7 heteroatoms. The third-order valence-electron chi connectivity index (χ3n) is 2.92. The number of carbonyl (C=O) groups is 2. The number of rotatable bonds is 11. The third kappa shape index (κ3) is 8.84. The summed E-state index contributed by atoms with van der Waals surface area (Å²) >= 11 is 0. The summed E-state index contributed by atoms with van der Waals surface area (Å²) < 4.78 is 4.90. The lowest BCUT2D eigenvalue weighted by Gasteiger charge is -2.27. The summed E-state index contributed by atoms with van der Waals surface area (Å²) in [6, 6.07) is -0.464. The Morgan fingerprint density at radius 2 is 1.95 bits per heavy atom. The summed E-state index contributed by atoms with van der Waals surface area (Å²) in [5, 5.41) is 11.7. The van der Waals surface area contributed by atoms with E-state index in [1.807, 2.05) is 19.0 Å². The largest absolute Gasteiger partial charge is 0.480 e. The molecule has 7 nitrogen and oxygen atoms in total. The van der Waals surface area contributed by atoms with E-state index in [1.54, 1.807) is 18.9 Å². The molecule has 1 unspecified atom stereocenters. The van der Waals surface area contributed by atoms with Crippen LogP contribution in [0.25, 0.3) is 0 Å². The van der Waals surface area contributed by atoms with E-state index < -0.39 is 12.0 Å². The van der Waals surface area contributed by atoms with Crippen LogP contribution in [0, 0.1) is 0 Å². The normalized spacial score (nSPS) is 12.7. The van der Waals surface area contributed by atoms with Crippen LogP contribution >= 0.6 is 0 Å². The van der Waals surface area contributed by atoms with Crippen LogP contribution in [0.4, 0.5) is 0 Å². The van der Waals surface area contributed by atoms with Crippen molar-refractivity contribution in [3.63, 3.8) is 0 Å². The molecule has 0 aliphatic heterocycles. The fourth-order valence-corrected chi connectivity index (χ4v) is 1.65. The highest BCUT2D eigenvalue weighted by atomic mass is 16.5. The van der Waals surface area contributed by atoms with Gasteiger partial charge in [0.25, 0.3) is 0 Å². The molecule has 0 radical (unpaired) electrons. The van der Waals surface area contributed by atoms with Gasteiger partial charge in [-0.2, -0.15) is 0 Å². The molecule has 0 heterocycles. The molecule has 0 aromatic heterocycles. The molecule has 0 rings (SSSR count). The number of nitrogens with zero attached hydrogens (tertiary/aromatic N) is 2. The van der Waals surface area contributed by atoms with E-state index >= 15 is 0 Å². The highest BCUT2D eigenvalue weighted by Crippen LogP contribution is 2.00. The molecule has 20 heavy (non-hydrogen) atoms. The highest BCUT2D eigenvalue weighted by molar-refractivity contribution is 5.82. The Morgan fingerprint density at radius 3 is 2.45 bits per heavy atom. The summed E-state index contributed by atoms with van der Waals surface area (Å²) in [5.74, 6) is -1.08. The van der Waals surface area contributed by atoms with Gasteiger partial charge in [0.1, 0.15) is 0 Å². The minimum Gasteiger partial charge on any atom is -0.480 e. The van der Waals surface area contributed by atoms with Crippen molar-refractivity contribution in [1.29, 1.82) is 0 Å². The van der Waals surface area contributed by atoms with Gasteiger partial charge in [-0.1, -0.05) is 0 Å². The number of nitrogens with one attached hydrogen (secondary N) is 1. The number of ether oxygens (including phenoxy) is 1. The zero-order chi connectivity index (χ0) is 15.5. The minimum absolute atomic E-state index is 0.138. The van der Waals surface area contributed by atoms with Crippen LogP contribution in [-0.4, -0.2) is 86.8 Å². The van der Waals surface area contributed by atoms with Crippen molar-refractivity contribution in [1.82, 2.24) is 15.1 Å². The summed E-state index contributed by atoms with van der Waals surface area (Å²) in [5.41, 5.74) is 0. The topological polar surface area (TPSA) is 82.1 Å². The second kappa shape index (κ2) is 10.6. The van der Waals surface area contributed by atoms with Crippen LogP contribution in [0.1, 0.15) is 13.3 Å². The number of carboxylic acid groups (broad SMARTS) is 1. The van der Waals surface area contributed by atoms with Gasteiger partial charge in [0, 0.05) is 33.4 Å². The SMILES string of the molecule is COCCCNC(=O)C(C)N(CCN(C)C)CC(=O)O. The highest BCUT2D eigenvalue weighted by Gasteiger charge is 2.22. The first-order chi connectivity index (χ1) is 9.38. The summed E-state index contributed by atoms with van der Waals surface area (Å²) in [4.78, 5) is 26.5. The second-order valence-electron chi connectivity index (χ2n) is 4.98. The lowest BCUT2D eigenvalue weighted by molar-refractivity contribution is -0.139. The summed E-state index contributed by atoms with van der Waals surface area (Å²) in [6.07, 6.45) is 0.742. The molecule has 1 atom stereocenters. The molecule has 0 aromatic carbocycles. The van der Waals surface area contributed by atoms with Crippen molar-refractivity contribution in [2.75, 3.05) is 54.0 Å². The monoisotopic (exact) mass is 289 g/mol. The number of likely N-dealkylation sites (N-methyl/N-ethyl adjacent to an activating group) is 1. The van der Waals surface area contributed by atoms with Crippen molar-refractivity contribution < 1.29 is 19.4 Å². The average Bonchev–Trinajstić information content (AvgIpc) is 2.37. The number of aliphatic carboxylic acids is 1. The zero-order valence-electron chi connectivity index (χ0n) is 12.9. The van der Waals surface area contributed by atoms with Crippen molar-refractivity contribution in [2.45, 2.75) is 19.4 Å². The van der Waals surface area contributed by atoms with E-state index in [4.69, 9.17) is 9.84 Å². The Morgan fingerprint density at radius 1 is 1.30 bits per heavy atom. The van der Waals surface area contributed by atoms with Crippen LogP contribution in [0.3, 0.4) is 0 Å². The Bertz CT molecular complexity index is 297. The molecule has 118 valence electrons. The van der Waals surface area contributed by atoms with Gasteiger partial charge in [0.15, 0.2) is 0 Å². The van der Waals surface area contributed by atoms with Crippen molar-refractivity contribution in [3.8, 4) is 0 Å². The summed E-state index contributed by atoms with van der Waals surface area (Å²) in [6.45, 7) is 3.95. The average molecular weight is 289 g/mol. The number of carbonyl (C=O) groups excluding carboxylic acids is 1. The van der Waals surface area contributed by atoms with Crippen molar-refractivity contribution in [2.24, 2.45) is 0 Å². The van der Waals surface area contributed by atoms with E-state index in [1.165, 1.54) is 0 Å². The molecule has 1 amide bonds. The maximum atomic E-state index is 12.0. The minimum atomic E-state index is -0.928. The van der Waals surface area contributed by atoms with E-state index in [2.05, 4.69) is 5.32 Å². The lowest BCUT2D eigenvalue weighted by Crippen LogP contribution is -2.49. The van der Waals surface area contributed by atoms with Crippen LogP contribution in [-0.2, 0) is 14.3 Å². The molecule has 0 fully saturated rings. The van der Waals surface area contributed by atoms with Gasteiger partial charge < -0.3 is 20.1 Å². The van der Waals surface area contributed by atoms with Crippen molar-refractivity contribution >= 4 is 11.9 Å². The maximum absolute atomic E-state index is 12.0. The molecular weight excluding hydrogens is 262 g/mol. The van der Waals surface area contributed by atoms with E-state index in [0.717, 1.165) is 6.42 Å². The number of hydrogen-bond acceptors (Lipinski definition) is 5. The first-order valence-corrected chi connectivity index (χ1v) is 6.75. The predicted molar refractivity (Wildman–Crippen MR) is 76.7 cm³/mol. The molecule has 0 aliphatic carbocycles. The van der Waals surface area contributed by atoms with Crippen LogP contribution in [0.5, 0.6) is 0 Å². The quantitative estimate of drug-likeness (QED) is 0.498. The number of hydrogen-bond donors (Lipinski definition) is 2. The van der Waals surface area contributed by atoms with E-state index in [9.17, 15) is 9.59 Å². The predicted octanol–water partition coefficient (Wildman–Crippen LogP) is -0.524. The van der Waals surface area contributed by atoms with E-state index in [0.29, 0.717) is 26.2 Å². The van der Waals surface area contributed by atoms with Gasteiger partial charge in [-0.05, 0) is 27.4 Å². The number of methoxy groups -OCH3 is 1. The Kier molecular flexibility index (Phi) is 9.96. The van der Waals surface area contributed by atoms with Crippen molar-refractivity contribution in [3.05, 3.63) is 0 Å². The number of carboxylic acids is 1. The zero-order valence-corrected chi connectivity index (χ0v) is 12.9. The Hall–Kier alpha value is -1.18. The standard InChI is InChI=1S/C13H27N3O4/c1-11(13(19)14-6-5-9-20-4)16(10-12(17)18)8-7-15(2)3/h11H,5-10H2,1-4H3,(H,14,19)(H,17,18). The smallest absolute Gasteiger partial charge is 0.317 e. The Balaban J connectivity index is 4.31. The molecule has 2 N–H and O–H groups in total. The molecular formula is C13H27N3O4. The van der Waals surface area contributed by atoms with Gasteiger partial charge in [-0.3, -0.25) is 14.5 Å². The first-order valence-electron chi connectivity index (χ1n) is 6.75. The third-order valence-corrected chi connectivity index (χ3v) is 2.92. The molecule has 0 saturated heterocycles. The van der Waals surface area contributed by atoms with Gasteiger partial charge in [0.2, 0.25) is 5.91 Å². The molecule has 0 saturated carbocycles. The number of amides is 1. The molecule has 0 aliphatic rings. The van der Waals surface area contributed by atoms with Gasteiger partial charge in [-0.15, -0.1) is 0 Å². The fourth-order valence-electron chi connectivity index (χ4n) is 1.65. The lowest BCUT2D eigenvalue weighted by atomic mass is 10.2. The van der Waals surface area contributed by atoms with Gasteiger partial charge in [-0.25, -0.2) is 0 Å². The molecule has 0 spiro atoms. The van der Waals surface area contributed by atoms with Gasteiger partial charge in [0.05, 0.1) is 12.6 Å². The van der Waals surface area contributed by atoms with Crippen LogP contribution in [0.2, 0.25) is 0 Å². The van der Waals surface area contributed by atoms with Crippen LogP contribution < -0.4 is 5.32 Å². The summed E-state index contributed by atoms with van der Waals surface area (Å²) in [7, 11) is 5.43.